The van der Waals surface area contributed by atoms with Gasteiger partial charge in [-0.05, 0) is 34.8 Å². The Hall–Kier alpha value is -4.11. The van der Waals surface area contributed by atoms with Crippen LogP contribution in [-0.2, 0) is 54.9 Å². The molecule has 0 bridgehead atoms. The van der Waals surface area contributed by atoms with E-state index in [0.29, 0.717) is 32.8 Å². The summed E-state index contributed by atoms with van der Waals surface area (Å²) in [4.78, 5) is 12.5. The van der Waals surface area contributed by atoms with Crippen LogP contribution in [0.25, 0.3) is 0 Å². The maximum absolute atomic E-state index is 12.5. The largest absolute Gasteiger partial charge is 0.374 e. The molecule has 7 heteroatoms. The van der Waals surface area contributed by atoms with Crippen molar-refractivity contribution in [1.82, 2.24) is 5.32 Å². The highest BCUT2D eigenvalue weighted by Crippen LogP contribution is 2.39. The van der Waals surface area contributed by atoms with Gasteiger partial charge in [-0.25, -0.2) is 0 Å². The summed E-state index contributed by atoms with van der Waals surface area (Å²) in [6.45, 7) is 2.02. The minimum Gasteiger partial charge on any atom is -0.374 e. The van der Waals surface area contributed by atoms with Gasteiger partial charge in [0.15, 0.2) is 0 Å². The third-order valence-corrected chi connectivity index (χ3v) is 8.42. The van der Waals surface area contributed by atoms with Gasteiger partial charge in [0.1, 0.15) is 30.0 Å². The van der Waals surface area contributed by atoms with E-state index in [4.69, 9.17) is 23.7 Å². The van der Waals surface area contributed by atoms with Crippen LogP contribution in [0.1, 0.15) is 28.7 Å². The van der Waals surface area contributed by atoms with E-state index >= 15 is 0 Å². The average molecular weight is 620 g/mol. The second-order valence-corrected chi connectivity index (χ2v) is 11.8. The van der Waals surface area contributed by atoms with Crippen LogP contribution in [-0.4, -0.2) is 49.1 Å². The molecular formula is C39H41NO6. The van der Waals surface area contributed by atoms with Crippen LogP contribution in [0.2, 0.25) is 0 Å². The molecule has 0 saturated carbocycles. The minimum absolute atomic E-state index is 0.164. The van der Waals surface area contributed by atoms with E-state index < -0.39 is 30.0 Å². The van der Waals surface area contributed by atoms with E-state index in [9.17, 15) is 4.79 Å². The minimum atomic E-state index is -0.924. The summed E-state index contributed by atoms with van der Waals surface area (Å²) < 4.78 is 33.7. The Balaban J connectivity index is 1.34. The fourth-order valence-corrected chi connectivity index (χ4v) is 6.08. The molecule has 46 heavy (non-hydrogen) atoms. The zero-order chi connectivity index (χ0) is 31.4. The van der Waals surface area contributed by atoms with Gasteiger partial charge in [0.05, 0.1) is 33.0 Å². The molecule has 2 heterocycles. The van der Waals surface area contributed by atoms with Gasteiger partial charge in [0.25, 0.3) is 0 Å². The van der Waals surface area contributed by atoms with E-state index in [0.717, 1.165) is 22.3 Å². The van der Waals surface area contributed by atoms with Crippen LogP contribution in [0.4, 0.5) is 0 Å². The number of amides is 1. The molecule has 0 unspecified atom stereocenters. The first-order valence-corrected chi connectivity index (χ1v) is 15.9. The van der Waals surface area contributed by atoms with Crippen LogP contribution in [0.3, 0.4) is 0 Å². The first kappa shape index (κ1) is 31.9. The van der Waals surface area contributed by atoms with Gasteiger partial charge in [-0.15, -0.1) is 0 Å². The smallest absolute Gasteiger partial charge is 0.243 e. The Morgan fingerprint density at radius 3 is 1.65 bits per heavy atom. The van der Waals surface area contributed by atoms with Crippen molar-refractivity contribution in [3.63, 3.8) is 0 Å². The molecule has 0 aromatic heterocycles. The molecule has 7 nitrogen and oxygen atoms in total. The first-order chi connectivity index (χ1) is 22.7. The van der Waals surface area contributed by atoms with Crippen molar-refractivity contribution in [2.75, 3.05) is 13.2 Å². The zero-order valence-corrected chi connectivity index (χ0v) is 25.9. The van der Waals surface area contributed by atoms with Crippen molar-refractivity contribution in [1.29, 1.82) is 0 Å². The monoisotopic (exact) mass is 619 g/mol. The van der Waals surface area contributed by atoms with Crippen molar-refractivity contribution in [3.05, 3.63) is 156 Å². The topological polar surface area (TPSA) is 75.3 Å². The normalized spacial score (nSPS) is 24.4. The molecule has 0 radical (unpaired) electrons. The summed E-state index contributed by atoms with van der Waals surface area (Å²) >= 11 is 0. The summed E-state index contributed by atoms with van der Waals surface area (Å²) in [6, 6.07) is 40.3. The third kappa shape index (κ3) is 8.37. The van der Waals surface area contributed by atoms with Gasteiger partial charge in [0, 0.05) is 6.54 Å². The second kappa shape index (κ2) is 15.9. The Kier molecular flexibility index (Phi) is 11.0. The predicted molar refractivity (Wildman–Crippen MR) is 176 cm³/mol. The van der Waals surface area contributed by atoms with Gasteiger partial charge < -0.3 is 29.0 Å². The molecule has 1 fully saturated rings. The molecule has 5 atom stereocenters. The van der Waals surface area contributed by atoms with E-state index in [1.807, 2.05) is 127 Å². The molecule has 2 aliphatic heterocycles. The summed E-state index contributed by atoms with van der Waals surface area (Å²) in [7, 11) is 0. The molecule has 238 valence electrons. The van der Waals surface area contributed by atoms with E-state index in [2.05, 4.69) is 5.32 Å². The number of hydrogen-bond donors (Lipinski definition) is 1. The Morgan fingerprint density at radius 2 is 1.11 bits per heavy atom. The lowest BCUT2D eigenvalue weighted by Crippen LogP contribution is -2.69. The maximum Gasteiger partial charge on any atom is 0.243 e. The Morgan fingerprint density at radius 1 is 0.630 bits per heavy atom. The number of benzene rings is 4. The number of carbonyl (C=O) groups excluding carboxylic acids is 1. The van der Waals surface area contributed by atoms with Crippen molar-refractivity contribution >= 4 is 5.91 Å². The average Bonchev–Trinajstić information content (AvgIpc) is 3.29. The summed E-state index contributed by atoms with van der Waals surface area (Å²) in [5.74, 6) is -0.164. The lowest BCUT2D eigenvalue weighted by Gasteiger charge is -2.52. The molecular weight excluding hydrogens is 578 g/mol. The lowest BCUT2D eigenvalue weighted by molar-refractivity contribution is -0.305. The molecule has 1 spiro atoms. The molecule has 6 rings (SSSR count). The summed E-state index contributed by atoms with van der Waals surface area (Å²) in [5, 5.41) is 3.03. The number of hydrogen-bond acceptors (Lipinski definition) is 6. The highest BCUT2D eigenvalue weighted by atomic mass is 16.6. The molecule has 1 saturated heterocycles. The molecule has 4 aromatic carbocycles. The lowest BCUT2D eigenvalue weighted by atomic mass is 9.81. The highest BCUT2D eigenvalue weighted by molar-refractivity contribution is 5.87. The highest BCUT2D eigenvalue weighted by Gasteiger charge is 2.56. The molecule has 1 amide bonds. The zero-order valence-electron chi connectivity index (χ0n) is 25.9. The van der Waals surface area contributed by atoms with Gasteiger partial charge >= 0.3 is 0 Å². The Bertz CT molecular complexity index is 1520. The quantitative estimate of drug-likeness (QED) is 0.193. The third-order valence-electron chi connectivity index (χ3n) is 8.42. The van der Waals surface area contributed by atoms with E-state index in [-0.39, 0.29) is 19.1 Å². The van der Waals surface area contributed by atoms with Crippen LogP contribution in [0.15, 0.2) is 133 Å². The van der Waals surface area contributed by atoms with Crippen molar-refractivity contribution in [2.45, 2.75) is 62.9 Å². The summed E-state index contributed by atoms with van der Waals surface area (Å²) in [6.07, 6.45) is 1.72. The maximum atomic E-state index is 12.5. The molecule has 0 aliphatic carbocycles. The van der Waals surface area contributed by atoms with Gasteiger partial charge in [-0.3, -0.25) is 4.79 Å². The predicted octanol–water partition coefficient (Wildman–Crippen LogP) is 6.17. The standard InChI is InChI=1S/C39H41NO6/c41-35-22-13-23-39(29-40-35)38(45-27-33-20-11-4-12-21-33)37(44-26-32-18-9-3-10-19-32)36(43-25-31-16-7-2-8-17-31)34(46-39)28-42-24-30-14-5-1-6-15-30/h1-22,34,36-38H,23-29H2,(H,40,41)/t34-,36-,37+,38-,39-/m1/s1. The van der Waals surface area contributed by atoms with Gasteiger partial charge in [-0.2, -0.15) is 0 Å². The van der Waals surface area contributed by atoms with Gasteiger partial charge in [-0.1, -0.05) is 127 Å². The van der Waals surface area contributed by atoms with Crippen LogP contribution >= 0.6 is 0 Å². The van der Waals surface area contributed by atoms with Crippen LogP contribution < -0.4 is 5.32 Å². The van der Waals surface area contributed by atoms with Crippen molar-refractivity contribution in [2.24, 2.45) is 0 Å². The Labute approximate surface area is 271 Å². The molecule has 4 aromatic rings. The van der Waals surface area contributed by atoms with E-state index in [1.54, 1.807) is 6.08 Å². The summed E-state index contributed by atoms with van der Waals surface area (Å²) in [5.41, 5.74) is 3.26. The van der Waals surface area contributed by atoms with Crippen molar-refractivity contribution < 1.29 is 28.5 Å². The van der Waals surface area contributed by atoms with E-state index in [1.165, 1.54) is 0 Å². The molecule has 2 aliphatic rings. The molecule has 1 N–H and O–H groups in total. The number of carbonyl (C=O) groups is 1. The fraction of sp³-hybridized carbons (Fsp3) is 0.308. The van der Waals surface area contributed by atoms with Gasteiger partial charge in [0.2, 0.25) is 5.91 Å². The fourth-order valence-electron chi connectivity index (χ4n) is 6.08. The number of ether oxygens (including phenoxy) is 5. The van der Waals surface area contributed by atoms with Crippen LogP contribution in [0.5, 0.6) is 0 Å². The number of nitrogens with one attached hydrogen (secondary N) is 1. The van der Waals surface area contributed by atoms with Crippen molar-refractivity contribution in [3.8, 4) is 0 Å². The first-order valence-electron chi connectivity index (χ1n) is 15.9. The van der Waals surface area contributed by atoms with Crippen LogP contribution in [0, 0.1) is 0 Å². The number of rotatable bonds is 13. The SMILES string of the molecule is O=C1C=CC[C@]2(CN1)O[C@H](COCc1ccccc1)[C@@H](OCc1ccccc1)[C@H](OCc1ccccc1)[C@H]2OCc1ccccc1. The second-order valence-electron chi connectivity index (χ2n) is 11.8.